The molecule has 110 valence electrons. The number of rotatable bonds is 5. The summed E-state index contributed by atoms with van der Waals surface area (Å²) in [5, 5.41) is 3.28. The Balaban J connectivity index is 1.88. The zero-order chi connectivity index (χ0) is 13.9. The molecule has 0 aromatic rings. The van der Waals surface area contributed by atoms with Gasteiger partial charge in [-0.2, -0.15) is 0 Å². The van der Waals surface area contributed by atoms with Gasteiger partial charge in [0.05, 0.1) is 17.5 Å². The fraction of sp³-hybridized carbons (Fsp3) is 0.923. The topological polar surface area (TPSA) is 66.5 Å². The number of hydrogen-bond acceptors (Lipinski definition) is 4. The second-order valence-electron chi connectivity index (χ2n) is 5.70. The van der Waals surface area contributed by atoms with Gasteiger partial charge in [-0.15, -0.1) is 0 Å². The van der Waals surface area contributed by atoms with E-state index >= 15 is 0 Å². The summed E-state index contributed by atoms with van der Waals surface area (Å²) in [6.07, 6.45) is 3.63. The van der Waals surface area contributed by atoms with Crippen molar-refractivity contribution >= 4 is 15.7 Å². The molecule has 2 unspecified atom stereocenters. The molecule has 2 heterocycles. The summed E-state index contributed by atoms with van der Waals surface area (Å²) in [5.41, 5.74) is 0. The highest BCUT2D eigenvalue weighted by Gasteiger charge is 2.33. The van der Waals surface area contributed by atoms with E-state index < -0.39 is 9.84 Å². The van der Waals surface area contributed by atoms with E-state index in [9.17, 15) is 13.2 Å². The summed E-state index contributed by atoms with van der Waals surface area (Å²) < 4.78 is 22.9. The molecule has 1 N–H and O–H groups in total. The van der Waals surface area contributed by atoms with Gasteiger partial charge in [0.15, 0.2) is 9.84 Å². The lowest BCUT2D eigenvalue weighted by molar-refractivity contribution is -0.136. The van der Waals surface area contributed by atoms with Crippen LogP contribution in [0.3, 0.4) is 0 Å². The van der Waals surface area contributed by atoms with E-state index in [-0.39, 0.29) is 29.4 Å². The molecule has 2 fully saturated rings. The van der Waals surface area contributed by atoms with Gasteiger partial charge < -0.3 is 10.2 Å². The number of nitrogens with one attached hydrogen (secondary N) is 1. The Morgan fingerprint density at radius 2 is 2.16 bits per heavy atom. The van der Waals surface area contributed by atoms with E-state index in [0.717, 1.165) is 32.4 Å². The highest BCUT2D eigenvalue weighted by molar-refractivity contribution is 7.91. The van der Waals surface area contributed by atoms with Crippen LogP contribution in [0.15, 0.2) is 0 Å². The second-order valence-corrected chi connectivity index (χ2v) is 7.93. The van der Waals surface area contributed by atoms with E-state index in [1.165, 1.54) is 0 Å². The van der Waals surface area contributed by atoms with Crippen molar-refractivity contribution in [2.75, 3.05) is 31.1 Å². The molecule has 2 rings (SSSR count). The first-order valence-electron chi connectivity index (χ1n) is 7.24. The molecule has 2 aliphatic heterocycles. The van der Waals surface area contributed by atoms with Gasteiger partial charge in [0, 0.05) is 13.1 Å². The van der Waals surface area contributed by atoms with Gasteiger partial charge in [-0.3, -0.25) is 4.79 Å². The Morgan fingerprint density at radius 3 is 2.79 bits per heavy atom. The standard InChI is InChI=1S/C13H24N2O3S/c1-2-6-14-12-4-3-7-15(13(12)16)9-11-5-8-19(17,18)10-11/h11-12,14H,2-10H2,1H3. The van der Waals surface area contributed by atoms with Crippen LogP contribution in [0.5, 0.6) is 0 Å². The van der Waals surface area contributed by atoms with Gasteiger partial charge in [-0.1, -0.05) is 6.92 Å². The van der Waals surface area contributed by atoms with Crippen LogP contribution >= 0.6 is 0 Å². The average Bonchev–Trinajstić information content (AvgIpc) is 2.70. The molecule has 0 bridgehead atoms. The molecule has 2 saturated heterocycles. The number of amides is 1. The van der Waals surface area contributed by atoms with Crippen LogP contribution in [-0.2, 0) is 14.6 Å². The van der Waals surface area contributed by atoms with Crippen molar-refractivity contribution in [3.05, 3.63) is 0 Å². The zero-order valence-electron chi connectivity index (χ0n) is 11.6. The van der Waals surface area contributed by atoms with Crippen LogP contribution in [0.25, 0.3) is 0 Å². The summed E-state index contributed by atoms with van der Waals surface area (Å²) >= 11 is 0. The molecule has 0 radical (unpaired) electrons. The Hall–Kier alpha value is -0.620. The molecular weight excluding hydrogens is 264 g/mol. The maximum atomic E-state index is 12.3. The molecule has 2 aliphatic rings. The highest BCUT2D eigenvalue weighted by Crippen LogP contribution is 2.22. The molecular formula is C13H24N2O3S. The van der Waals surface area contributed by atoms with Crippen molar-refractivity contribution in [2.45, 2.75) is 38.6 Å². The van der Waals surface area contributed by atoms with Crippen LogP contribution < -0.4 is 5.32 Å². The van der Waals surface area contributed by atoms with Crippen molar-refractivity contribution < 1.29 is 13.2 Å². The highest BCUT2D eigenvalue weighted by atomic mass is 32.2. The number of hydrogen-bond donors (Lipinski definition) is 1. The molecule has 0 saturated carbocycles. The predicted octanol–water partition coefficient (Wildman–Crippen LogP) is 0.412. The van der Waals surface area contributed by atoms with Crippen LogP contribution in [0.1, 0.15) is 32.6 Å². The van der Waals surface area contributed by atoms with Crippen molar-refractivity contribution in [2.24, 2.45) is 5.92 Å². The minimum absolute atomic E-state index is 0.0632. The second kappa shape index (κ2) is 6.22. The van der Waals surface area contributed by atoms with E-state index in [4.69, 9.17) is 0 Å². The number of likely N-dealkylation sites (tertiary alicyclic amines) is 1. The fourth-order valence-corrected chi connectivity index (χ4v) is 4.81. The predicted molar refractivity (Wildman–Crippen MR) is 74.7 cm³/mol. The molecule has 1 amide bonds. The van der Waals surface area contributed by atoms with Crippen molar-refractivity contribution in [1.29, 1.82) is 0 Å². The Kier molecular flexibility index (Phi) is 4.84. The molecule has 0 spiro atoms. The molecule has 0 aromatic heterocycles. The normalized spacial score (nSPS) is 30.8. The van der Waals surface area contributed by atoms with E-state index in [0.29, 0.717) is 13.0 Å². The summed E-state index contributed by atoms with van der Waals surface area (Å²) in [4.78, 5) is 14.2. The van der Waals surface area contributed by atoms with Gasteiger partial charge in [-0.05, 0) is 38.1 Å². The number of carbonyl (C=O) groups excluding carboxylic acids is 1. The SMILES string of the molecule is CCCNC1CCCN(CC2CCS(=O)(=O)C2)C1=O. The first-order valence-corrected chi connectivity index (χ1v) is 9.06. The third-order valence-corrected chi connectivity index (χ3v) is 5.81. The quantitative estimate of drug-likeness (QED) is 0.796. The molecule has 5 nitrogen and oxygen atoms in total. The smallest absolute Gasteiger partial charge is 0.239 e. The van der Waals surface area contributed by atoms with Gasteiger partial charge in [0.25, 0.3) is 0 Å². The zero-order valence-corrected chi connectivity index (χ0v) is 12.4. The van der Waals surface area contributed by atoms with E-state index in [2.05, 4.69) is 12.2 Å². The van der Waals surface area contributed by atoms with Gasteiger partial charge in [0.1, 0.15) is 0 Å². The number of sulfone groups is 1. The molecule has 6 heteroatoms. The maximum absolute atomic E-state index is 12.3. The van der Waals surface area contributed by atoms with Crippen molar-refractivity contribution in [3.8, 4) is 0 Å². The van der Waals surface area contributed by atoms with Gasteiger partial charge in [0.2, 0.25) is 5.91 Å². The Bertz CT molecular complexity index is 422. The minimum atomic E-state index is -2.85. The van der Waals surface area contributed by atoms with Crippen LogP contribution in [0.4, 0.5) is 0 Å². The van der Waals surface area contributed by atoms with Gasteiger partial charge in [-0.25, -0.2) is 8.42 Å². The Labute approximate surface area is 115 Å². The summed E-state index contributed by atoms with van der Waals surface area (Å²) in [7, 11) is -2.85. The van der Waals surface area contributed by atoms with Gasteiger partial charge >= 0.3 is 0 Å². The van der Waals surface area contributed by atoms with Crippen LogP contribution in [-0.4, -0.2) is 56.4 Å². The number of carbonyl (C=O) groups is 1. The molecule has 0 aliphatic carbocycles. The lowest BCUT2D eigenvalue weighted by Gasteiger charge is -2.34. The van der Waals surface area contributed by atoms with Crippen LogP contribution in [0.2, 0.25) is 0 Å². The maximum Gasteiger partial charge on any atom is 0.239 e. The number of piperidine rings is 1. The average molecular weight is 288 g/mol. The van der Waals surface area contributed by atoms with Crippen LogP contribution in [0, 0.1) is 5.92 Å². The van der Waals surface area contributed by atoms with E-state index in [1.807, 2.05) is 4.90 Å². The first-order chi connectivity index (χ1) is 9.02. The fourth-order valence-electron chi connectivity index (χ4n) is 2.96. The third-order valence-electron chi connectivity index (χ3n) is 3.98. The third kappa shape index (κ3) is 3.92. The first kappa shape index (κ1) is 14.8. The Morgan fingerprint density at radius 1 is 1.37 bits per heavy atom. The summed E-state index contributed by atoms with van der Waals surface area (Å²) in [6, 6.07) is -0.0632. The van der Waals surface area contributed by atoms with E-state index in [1.54, 1.807) is 0 Å². The lowest BCUT2D eigenvalue weighted by Crippen LogP contribution is -2.52. The monoisotopic (exact) mass is 288 g/mol. The number of nitrogens with zero attached hydrogens (tertiary/aromatic N) is 1. The van der Waals surface area contributed by atoms with Crippen molar-refractivity contribution in [3.63, 3.8) is 0 Å². The summed E-state index contributed by atoms with van der Waals surface area (Å²) in [6.45, 7) is 4.34. The minimum Gasteiger partial charge on any atom is -0.341 e. The molecule has 19 heavy (non-hydrogen) atoms. The summed E-state index contributed by atoms with van der Waals surface area (Å²) in [5.74, 6) is 0.837. The molecule has 2 atom stereocenters. The molecule has 0 aromatic carbocycles. The lowest BCUT2D eigenvalue weighted by atomic mass is 10.0. The largest absolute Gasteiger partial charge is 0.341 e. The van der Waals surface area contributed by atoms with Crippen molar-refractivity contribution in [1.82, 2.24) is 10.2 Å².